The maximum absolute atomic E-state index is 14.2. The first-order valence-electron chi connectivity index (χ1n) is 19.2. The van der Waals surface area contributed by atoms with Gasteiger partial charge in [-0.3, -0.25) is 24.1 Å². The Morgan fingerprint density at radius 1 is 0.942 bits per heavy atom. The van der Waals surface area contributed by atoms with Crippen LogP contribution in [0.1, 0.15) is 86.6 Å². The number of rotatable bonds is 21. The molecule has 3 N–H and O–H groups in total. The number of phenols is 1. The summed E-state index contributed by atoms with van der Waals surface area (Å²) < 4.78 is 11.9. The third-order valence-electron chi connectivity index (χ3n) is 11.0. The van der Waals surface area contributed by atoms with E-state index in [4.69, 9.17) is 9.47 Å². The number of amides is 4. The lowest BCUT2D eigenvalue weighted by Crippen LogP contribution is -2.60. The minimum atomic E-state index is -0.747. The van der Waals surface area contributed by atoms with Gasteiger partial charge in [0.05, 0.1) is 42.7 Å². The van der Waals surface area contributed by atoms with Crippen LogP contribution in [-0.2, 0) is 35.1 Å². The van der Waals surface area contributed by atoms with E-state index in [9.17, 15) is 24.3 Å². The summed E-state index contributed by atoms with van der Waals surface area (Å²) in [7, 11) is 6.82. The highest BCUT2D eigenvalue weighted by molar-refractivity contribution is 5.90. The van der Waals surface area contributed by atoms with Gasteiger partial charge in [-0.05, 0) is 68.3 Å². The molecule has 0 spiro atoms. The molecule has 296 valence electrons. The number of hydrogen-bond acceptors (Lipinski definition) is 8. The van der Waals surface area contributed by atoms with E-state index in [-0.39, 0.29) is 65.6 Å². The van der Waals surface area contributed by atoms with Crippen molar-refractivity contribution in [3.8, 4) is 5.75 Å². The van der Waals surface area contributed by atoms with Crippen molar-refractivity contribution in [2.24, 2.45) is 23.7 Å². The molecule has 1 aliphatic heterocycles. The van der Waals surface area contributed by atoms with Crippen LogP contribution in [0.2, 0.25) is 0 Å². The second kappa shape index (κ2) is 21.5. The number of benzene rings is 1. The molecule has 0 unspecified atom stereocenters. The van der Waals surface area contributed by atoms with Gasteiger partial charge in [0, 0.05) is 34.4 Å². The molecule has 8 atom stereocenters. The van der Waals surface area contributed by atoms with Crippen molar-refractivity contribution < 1.29 is 33.8 Å². The Bertz CT molecular complexity index is 1280. The maximum Gasteiger partial charge on any atom is 0.245 e. The van der Waals surface area contributed by atoms with Gasteiger partial charge in [0.15, 0.2) is 0 Å². The van der Waals surface area contributed by atoms with E-state index in [1.54, 1.807) is 38.3 Å². The highest BCUT2D eigenvalue weighted by atomic mass is 16.5. The van der Waals surface area contributed by atoms with Crippen LogP contribution in [0.4, 0.5) is 0 Å². The second-order valence-corrected chi connectivity index (χ2v) is 15.3. The summed E-state index contributed by atoms with van der Waals surface area (Å²) in [5.41, 5.74) is 1.00. The predicted octanol–water partition coefficient (Wildman–Crippen LogP) is 4.09. The van der Waals surface area contributed by atoms with Crippen LogP contribution < -0.4 is 10.6 Å². The normalized spacial score (nSPS) is 18.8. The molecule has 0 radical (unpaired) electrons. The fourth-order valence-electron chi connectivity index (χ4n) is 7.64. The monoisotopic (exact) mass is 732 g/mol. The number of nitrogens with one attached hydrogen (secondary N) is 2. The van der Waals surface area contributed by atoms with Gasteiger partial charge >= 0.3 is 0 Å². The standard InChI is InChI=1S/C40H69N5O7/c1-13-27(7)36(44(10)40(50)34(25(3)4)42-39(49)35(26(5)6)43(9)14-2)32(51-11)24-33(47)45-23-15-16-31(45)37(52-12)28(8)38(48)41-22-21-29-17-19-30(46)20-18-29/h17-20,25-28,31-32,34-37,46H,13-16,21-24H2,1-12H3,(H,41,48)(H,42,49)/t27-,28+,31-,32+,34-,35-,36-,37+/m0/s1. The molecule has 12 nitrogen and oxygen atoms in total. The fourth-order valence-corrected chi connectivity index (χ4v) is 7.64. The Balaban J connectivity index is 2.21. The van der Waals surface area contributed by atoms with Gasteiger partial charge in [0.25, 0.3) is 0 Å². The molecular weight excluding hydrogens is 662 g/mol. The minimum Gasteiger partial charge on any atom is -0.508 e. The third kappa shape index (κ3) is 11.9. The molecule has 52 heavy (non-hydrogen) atoms. The fraction of sp³-hybridized carbons (Fsp3) is 0.750. The summed E-state index contributed by atoms with van der Waals surface area (Å²) >= 11 is 0. The number of phenolic OH excluding ortho intramolecular Hbond substituents is 1. The van der Waals surface area contributed by atoms with Crippen LogP contribution in [0, 0.1) is 23.7 Å². The molecule has 1 fully saturated rings. The lowest BCUT2D eigenvalue weighted by molar-refractivity contribution is -0.148. The zero-order valence-corrected chi connectivity index (χ0v) is 34.0. The van der Waals surface area contributed by atoms with Crippen LogP contribution in [-0.4, -0.2) is 128 Å². The van der Waals surface area contributed by atoms with E-state index in [1.165, 1.54) is 0 Å². The van der Waals surface area contributed by atoms with Gasteiger partial charge in [-0.1, -0.05) is 73.9 Å². The SMILES string of the molecule is CC[C@H](C)[C@@H]([C@@H](CC(=O)N1CCC[C@H]1[C@H](OC)[C@@H](C)C(=O)NCCc1ccc(O)cc1)OC)N(C)C(=O)[C@@H](NC(=O)[C@H](C(C)C)N(C)CC)C(C)C. The molecule has 1 heterocycles. The summed E-state index contributed by atoms with van der Waals surface area (Å²) in [6.45, 7) is 17.5. The van der Waals surface area contributed by atoms with Gasteiger partial charge in [-0.25, -0.2) is 0 Å². The number of likely N-dealkylation sites (tertiary alicyclic amines) is 1. The van der Waals surface area contributed by atoms with Gasteiger partial charge in [0.1, 0.15) is 11.8 Å². The second-order valence-electron chi connectivity index (χ2n) is 15.3. The van der Waals surface area contributed by atoms with Crippen LogP contribution in [0.25, 0.3) is 0 Å². The molecule has 4 amide bonds. The van der Waals surface area contributed by atoms with Crippen LogP contribution >= 0.6 is 0 Å². The zero-order chi connectivity index (χ0) is 39.3. The number of aromatic hydroxyl groups is 1. The van der Waals surface area contributed by atoms with Crippen LogP contribution in [0.5, 0.6) is 5.75 Å². The molecule has 2 rings (SSSR count). The van der Waals surface area contributed by atoms with Crippen molar-refractivity contribution in [2.75, 3.05) is 47.9 Å². The summed E-state index contributed by atoms with van der Waals surface area (Å²) in [5, 5.41) is 15.6. The predicted molar refractivity (Wildman–Crippen MR) is 205 cm³/mol. The number of carbonyl (C=O) groups excluding carboxylic acids is 4. The average Bonchev–Trinajstić information content (AvgIpc) is 3.60. The zero-order valence-electron chi connectivity index (χ0n) is 34.0. The van der Waals surface area contributed by atoms with Crippen molar-refractivity contribution in [3.63, 3.8) is 0 Å². The number of ether oxygens (including phenoxy) is 2. The number of likely N-dealkylation sites (N-methyl/N-ethyl adjacent to an activating group) is 2. The third-order valence-corrected chi connectivity index (χ3v) is 11.0. The highest BCUT2D eigenvalue weighted by Crippen LogP contribution is 2.29. The Morgan fingerprint density at radius 2 is 1.58 bits per heavy atom. The van der Waals surface area contributed by atoms with E-state index in [0.29, 0.717) is 32.5 Å². The highest BCUT2D eigenvalue weighted by Gasteiger charge is 2.43. The molecule has 0 aliphatic carbocycles. The van der Waals surface area contributed by atoms with E-state index in [1.807, 2.05) is 70.5 Å². The van der Waals surface area contributed by atoms with E-state index in [0.717, 1.165) is 18.4 Å². The first-order valence-corrected chi connectivity index (χ1v) is 19.2. The smallest absolute Gasteiger partial charge is 0.245 e. The maximum atomic E-state index is 14.2. The number of carbonyl (C=O) groups is 4. The van der Waals surface area contributed by atoms with Gasteiger partial charge in [-0.15, -0.1) is 0 Å². The number of hydrogen-bond donors (Lipinski definition) is 3. The Morgan fingerprint density at radius 3 is 2.10 bits per heavy atom. The summed E-state index contributed by atoms with van der Waals surface area (Å²) in [5.74, 6) is -1.06. The molecule has 1 aromatic carbocycles. The van der Waals surface area contributed by atoms with Gasteiger partial charge in [-0.2, -0.15) is 0 Å². The van der Waals surface area contributed by atoms with Crippen LogP contribution in [0.3, 0.4) is 0 Å². The summed E-state index contributed by atoms with van der Waals surface area (Å²) in [4.78, 5) is 60.7. The topological polar surface area (TPSA) is 141 Å². The molecule has 0 aromatic heterocycles. The molecule has 0 saturated carbocycles. The lowest BCUT2D eigenvalue weighted by atomic mass is 9.89. The Hall–Kier alpha value is -3.22. The first-order chi connectivity index (χ1) is 24.5. The largest absolute Gasteiger partial charge is 0.508 e. The van der Waals surface area contributed by atoms with Crippen molar-refractivity contribution in [1.29, 1.82) is 0 Å². The first kappa shape index (κ1) is 44.9. The number of methoxy groups -OCH3 is 2. The van der Waals surface area contributed by atoms with E-state index >= 15 is 0 Å². The van der Waals surface area contributed by atoms with E-state index < -0.39 is 30.2 Å². The molecular formula is C40H69N5O7. The van der Waals surface area contributed by atoms with E-state index in [2.05, 4.69) is 24.5 Å². The summed E-state index contributed by atoms with van der Waals surface area (Å²) in [6.07, 6.45) is 1.82. The van der Waals surface area contributed by atoms with Gasteiger partial charge in [0.2, 0.25) is 23.6 Å². The van der Waals surface area contributed by atoms with Crippen molar-refractivity contribution in [3.05, 3.63) is 29.8 Å². The molecule has 1 saturated heterocycles. The minimum absolute atomic E-state index is 0.00348. The van der Waals surface area contributed by atoms with Crippen molar-refractivity contribution >= 4 is 23.6 Å². The lowest BCUT2D eigenvalue weighted by Gasteiger charge is -2.41. The molecule has 1 aromatic rings. The quantitative estimate of drug-likeness (QED) is 0.172. The Kier molecular flexibility index (Phi) is 18.6. The van der Waals surface area contributed by atoms with Crippen molar-refractivity contribution in [2.45, 2.75) is 124 Å². The molecule has 0 bridgehead atoms. The Labute approximate surface area is 313 Å². The van der Waals surface area contributed by atoms with Crippen molar-refractivity contribution in [1.82, 2.24) is 25.3 Å². The summed E-state index contributed by atoms with van der Waals surface area (Å²) in [6, 6.07) is 5.07. The van der Waals surface area contributed by atoms with Gasteiger partial charge < -0.3 is 35.0 Å². The average molecular weight is 732 g/mol. The molecule has 12 heteroatoms. The number of nitrogens with zero attached hydrogens (tertiary/aromatic N) is 3. The van der Waals surface area contributed by atoms with Crippen LogP contribution in [0.15, 0.2) is 24.3 Å². The molecule has 1 aliphatic rings.